The Morgan fingerprint density at radius 3 is 2.26 bits per heavy atom. The number of carbonyl (C=O) groups excluding carboxylic acids is 1. The van der Waals surface area contributed by atoms with Crippen LogP contribution < -0.4 is 10.6 Å². The van der Waals surface area contributed by atoms with Crippen molar-refractivity contribution in [3.63, 3.8) is 0 Å². The summed E-state index contributed by atoms with van der Waals surface area (Å²) >= 11 is 0. The zero-order chi connectivity index (χ0) is 14.0. The summed E-state index contributed by atoms with van der Waals surface area (Å²) in [6, 6.07) is 8.24. The van der Waals surface area contributed by atoms with E-state index in [4.69, 9.17) is 5.73 Å². The van der Waals surface area contributed by atoms with Gasteiger partial charge in [0.15, 0.2) is 0 Å². The minimum atomic E-state index is -0.300. The Balaban J connectivity index is 2.15. The van der Waals surface area contributed by atoms with Crippen molar-refractivity contribution < 1.29 is 4.79 Å². The highest BCUT2D eigenvalue weighted by Crippen LogP contribution is 2.42. The van der Waals surface area contributed by atoms with Gasteiger partial charge in [-0.3, -0.25) is 4.79 Å². The van der Waals surface area contributed by atoms with Gasteiger partial charge in [0.1, 0.15) is 0 Å². The van der Waals surface area contributed by atoms with Crippen molar-refractivity contribution >= 4 is 11.6 Å². The third-order valence-electron chi connectivity index (χ3n) is 4.41. The highest BCUT2D eigenvalue weighted by molar-refractivity contribution is 5.97. The topological polar surface area (TPSA) is 46.3 Å². The van der Waals surface area contributed by atoms with Gasteiger partial charge in [-0.2, -0.15) is 0 Å². The maximum atomic E-state index is 12.5. The van der Waals surface area contributed by atoms with Gasteiger partial charge in [-0.25, -0.2) is 0 Å². The molecule has 1 aromatic rings. The van der Waals surface area contributed by atoms with Crippen LogP contribution in [0.25, 0.3) is 0 Å². The van der Waals surface area contributed by atoms with Gasteiger partial charge in [-0.1, -0.05) is 32.4 Å². The summed E-state index contributed by atoms with van der Waals surface area (Å²) in [5, 5.41) is 0. The van der Waals surface area contributed by atoms with E-state index in [0.29, 0.717) is 12.5 Å². The van der Waals surface area contributed by atoms with E-state index in [2.05, 4.69) is 26.0 Å². The van der Waals surface area contributed by atoms with E-state index in [-0.39, 0.29) is 11.3 Å². The van der Waals surface area contributed by atoms with Crippen molar-refractivity contribution in [2.24, 2.45) is 11.1 Å². The average molecular weight is 260 g/mol. The van der Waals surface area contributed by atoms with E-state index in [1.54, 1.807) is 4.90 Å². The average Bonchev–Trinajstić information content (AvgIpc) is 2.37. The minimum absolute atomic E-state index is 0.165. The Morgan fingerprint density at radius 2 is 1.89 bits per heavy atom. The van der Waals surface area contributed by atoms with Crippen molar-refractivity contribution in [3.8, 4) is 0 Å². The van der Waals surface area contributed by atoms with Crippen molar-refractivity contribution in [2.75, 3.05) is 18.5 Å². The Morgan fingerprint density at radius 1 is 1.32 bits per heavy atom. The molecule has 1 saturated carbocycles. The highest BCUT2D eigenvalue weighted by Gasteiger charge is 2.44. The summed E-state index contributed by atoms with van der Waals surface area (Å²) in [6.07, 6.45) is 2.97. The van der Waals surface area contributed by atoms with Crippen LogP contribution in [0.1, 0.15) is 44.6 Å². The van der Waals surface area contributed by atoms with Crippen molar-refractivity contribution in [3.05, 3.63) is 29.8 Å². The molecule has 104 valence electrons. The van der Waals surface area contributed by atoms with E-state index in [1.165, 1.54) is 5.56 Å². The van der Waals surface area contributed by atoms with Crippen LogP contribution in [-0.2, 0) is 4.79 Å². The van der Waals surface area contributed by atoms with Crippen LogP contribution in [0, 0.1) is 5.41 Å². The lowest BCUT2D eigenvalue weighted by molar-refractivity contribution is -0.131. The number of anilines is 1. The van der Waals surface area contributed by atoms with Gasteiger partial charge < -0.3 is 10.6 Å². The Hall–Kier alpha value is -1.35. The first-order valence-corrected chi connectivity index (χ1v) is 7.08. The van der Waals surface area contributed by atoms with E-state index in [0.717, 1.165) is 24.9 Å². The highest BCUT2D eigenvalue weighted by atomic mass is 16.2. The zero-order valence-electron chi connectivity index (χ0n) is 12.1. The van der Waals surface area contributed by atoms with Crippen LogP contribution in [0.4, 0.5) is 5.69 Å². The fourth-order valence-electron chi connectivity index (χ4n) is 2.66. The van der Waals surface area contributed by atoms with E-state index in [1.807, 2.05) is 19.2 Å². The molecule has 2 rings (SSSR count). The first-order valence-electron chi connectivity index (χ1n) is 7.08. The second-order valence-corrected chi connectivity index (χ2v) is 5.95. The number of carbonyl (C=O) groups is 1. The quantitative estimate of drug-likeness (QED) is 0.904. The summed E-state index contributed by atoms with van der Waals surface area (Å²) in [5.41, 5.74) is 7.75. The van der Waals surface area contributed by atoms with Gasteiger partial charge in [0, 0.05) is 19.3 Å². The second kappa shape index (κ2) is 5.33. The van der Waals surface area contributed by atoms with Crippen LogP contribution in [0.5, 0.6) is 0 Å². The molecule has 0 heterocycles. The third-order valence-corrected chi connectivity index (χ3v) is 4.41. The molecule has 1 amide bonds. The summed E-state index contributed by atoms with van der Waals surface area (Å²) in [5.74, 6) is 0.677. The number of nitrogens with zero attached hydrogens (tertiary/aromatic N) is 1. The molecule has 0 spiro atoms. The summed E-state index contributed by atoms with van der Waals surface area (Å²) in [7, 11) is 1.85. The molecular formula is C16H24N2O. The zero-order valence-corrected chi connectivity index (χ0v) is 12.1. The van der Waals surface area contributed by atoms with E-state index >= 15 is 0 Å². The third kappa shape index (κ3) is 2.52. The molecular weight excluding hydrogens is 236 g/mol. The molecule has 0 bridgehead atoms. The van der Waals surface area contributed by atoms with Gasteiger partial charge in [-0.05, 0) is 36.5 Å². The number of nitrogens with two attached hydrogens (primary N) is 1. The van der Waals surface area contributed by atoms with E-state index in [9.17, 15) is 4.79 Å². The molecule has 0 unspecified atom stereocenters. The summed E-state index contributed by atoms with van der Waals surface area (Å²) < 4.78 is 0. The van der Waals surface area contributed by atoms with Crippen molar-refractivity contribution in [2.45, 2.75) is 39.0 Å². The van der Waals surface area contributed by atoms with Gasteiger partial charge >= 0.3 is 0 Å². The molecule has 19 heavy (non-hydrogen) atoms. The maximum absolute atomic E-state index is 12.5. The molecule has 1 fully saturated rings. The molecule has 0 atom stereocenters. The van der Waals surface area contributed by atoms with Gasteiger partial charge in [0.25, 0.3) is 0 Å². The smallest absolute Gasteiger partial charge is 0.234 e. The standard InChI is InChI=1S/C16H24N2O/c1-12(2)13-5-7-14(8-6-13)18(3)15(19)16(11-17)9-4-10-16/h5-8,12H,4,9-11,17H2,1-3H3. The van der Waals surface area contributed by atoms with Crippen molar-refractivity contribution in [1.82, 2.24) is 0 Å². The molecule has 3 heteroatoms. The first kappa shape index (κ1) is 14.1. The Kier molecular flexibility index (Phi) is 3.95. The summed E-state index contributed by atoms with van der Waals surface area (Å²) in [6.45, 7) is 4.80. The Bertz CT molecular complexity index is 441. The fourth-order valence-corrected chi connectivity index (χ4v) is 2.66. The van der Waals surface area contributed by atoms with Crippen LogP contribution in [0.15, 0.2) is 24.3 Å². The molecule has 2 N–H and O–H groups in total. The van der Waals surface area contributed by atoms with Crippen LogP contribution in [-0.4, -0.2) is 19.5 Å². The normalized spacial score (nSPS) is 17.1. The second-order valence-electron chi connectivity index (χ2n) is 5.95. The minimum Gasteiger partial charge on any atom is -0.329 e. The van der Waals surface area contributed by atoms with Gasteiger partial charge in [-0.15, -0.1) is 0 Å². The van der Waals surface area contributed by atoms with Crippen LogP contribution in [0.3, 0.4) is 0 Å². The van der Waals surface area contributed by atoms with Crippen molar-refractivity contribution in [1.29, 1.82) is 0 Å². The fraction of sp³-hybridized carbons (Fsp3) is 0.562. The van der Waals surface area contributed by atoms with Gasteiger partial charge in [0.2, 0.25) is 5.91 Å². The molecule has 0 aliphatic heterocycles. The van der Waals surface area contributed by atoms with Crippen LogP contribution in [0.2, 0.25) is 0 Å². The number of rotatable bonds is 4. The van der Waals surface area contributed by atoms with Gasteiger partial charge in [0.05, 0.1) is 5.41 Å². The lowest BCUT2D eigenvalue weighted by Gasteiger charge is -2.41. The molecule has 1 aliphatic carbocycles. The molecule has 1 aliphatic rings. The Labute approximate surface area is 115 Å². The molecule has 0 aromatic heterocycles. The molecule has 1 aromatic carbocycles. The number of hydrogen-bond donors (Lipinski definition) is 1. The monoisotopic (exact) mass is 260 g/mol. The maximum Gasteiger partial charge on any atom is 0.234 e. The summed E-state index contributed by atoms with van der Waals surface area (Å²) in [4.78, 5) is 14.3. The lowest BCUT2D eigenvalue weighted by atomic mass is 9.68. The molecule has 0 saturated heterocycles. The first-order chi connectivity index (χ1) is 9.00. The number of benzene rings is 1. The predicted molar refractivity (Wildman–Crippen MR) is 79.3 cm³/mol. The SMILES string of the molecule is CC(C)c1ccc(N(C)C(=O)C2(CN)CCC2)cc1. The number of amides is 1. The van der Waals surface area contributed by atoms with E-state index < -0.39 is 0 Å². The van der Waals surface area contributed by atoms with Crippen LogP contribution >= 0.6 is 0 Å². The largest absolute Gasteiger partial charge is 0.329 e. The number of hydrogen-bond acceptors (Lipinski definition) is 2. The molecule has 3 nitrogen and oxygen atoms in total. The molecule has 0 radical (unpaired) electrons. The predicted octanol–water partition coefficient (Wildman–Crippen LogP) is 2.90. The lowest BCUT2D eigenvalue weighted by Crippen LogP contribution is -2.51.